The number of nitrogens with zero attached hydrogens (tertiary/aromatic N) is 5. The van der Waals surface area contributed by atoms with Crippen LogP contribution in [0.3, 0.4) is 0 Å². The molecule has 150 valence electrons. The van der Waals surface area contributed by atoms with Crippen LogP contribution in [0.1, 0.15) is 48.1 Å². The quantitative estimate of drug-likeness (QED) is 0.505. The monoisotopic (exact) mass is 397 g/mol. The Kier molecular flexibility index (Phi) is 4.17. The van der Waals surface area contributed by atoms with Gasteiger partial charge in [0.1, 0.15) is 11.7 Å². The van der Waals surface area contributed by atoms with Gasteiger partial charge in [-0.3, -0.25) is 4.79 Å². The number of hydrogen-bond acceptors (Lipinski definition) is 4. The van der Waals surface area contributed by atoms with Crippen LogP contribution in [0.5, 0.6) is 0 Å². The molecule has 0 amide bonds. The molecule has 0 spiro atoms. The zero-order chi connectivity index (χ0) is 20.9. The van der Waals surface area contributed by atoms with E-state index in [-0.39, 0.29) is 17.2 Å². The molecule has 6 nitrogen and oxygen atoms in total. The molecule has 0 bridgehead atoms. The van der Waals surface area contributed by atoms with E-state index in [1.807, 2.05) is 83.1 Å². The van der Waals surface area contributed by atoms with E-state index in [1.54, 1.807) is 0 Å². The number of hydrogen-bond donors (Lipinski definition) is 0. The van der Waals surface area contributed by atoms with Crippen molar-refractivity contribution in [3.63, 3.8) is 0 Å². The summed E-state index contributed by atoms with van der Waals surface area (Å²) in [7, 11) is 0. The first kappa shape index (κ1) is 18.5. The lowest BCUT2D eigenvalue weighted by Crippen LogP contribution is -2.37. The van der Waals surface area contributed by atoms with Gasteiger partial charge < -0.3 is 0 Å². The van der Waals surface area contributed by atoms with Gasteiger partial charge in [0, 0.05) is 17.4 Å². The van der Waals surface area contributed by atoms with Crippen LogP contribution in [-0.2, 0) is 0 Å². The van der Waals surface area contributed by atoms with E-state index in [0.717, 1.165) is 28.3 Å². The second kappa shape index (κ2) is 6.76. The normalized spacial score (nSPS) is 17.7. The molecule has 30 heavy (non-hydrogen) atoms. The number of carbonyl (C=O) groups excluding carboxylic acids is 1. The summed E-state index contributed by atoms with van der Waals surface area (Å²) in [4.78, 5) is 13.1. The molecule has 4 aromatic rings. The van der Waals surface area contributed by atoms with Gasteiger partial charge in [-0.2, -0.15) is 5.10 Å². The average Bonchev–Trinajstić information content (AvgIpc) is 3.34. The van der Waals surface area contributed by atoms with Crippen LogP contribution < -0.4 is 0 Å². The number of ketones is 1. The van der Waals surface area contributed by atoms with E-state index in [2.05, 4.69) is 24.2 Å². The second-order valence-corrected chi connectivity index (χ2v) is 8.53. The minimum absolute atomic E-state index is 0.134. The van der Waals surface area contributed by atoms with Crippen molar-refractivity contribution in [1.82, 2.24) is 24.8 Å². The van der Waals surface area contributed by atoms with Gasteiger partial charge in [0.25, 0.3) is 0 Å². The SMILES string of the molecule is Cc1nn(-c2ccccc2)c2c1C(=O)CC(C)(C)C2n1cc(-c2ccccc2)nn1. The highest BCUT2D eigenvalue weighted by molar-refractivity contribution is 6.00. The molecule has 2 aromatic carbocycles. The van der Waals surface area contributed by atoms with Crippen LogP contribution in [0, 0.1) is 12.3 Å². The fourth-order valence-electron chi connectivity index (χ4n) is 4.50. The first-order valence-electron chi connectivity index (χ1n) is 10.1. The molecule has 2 heterocycles. The van der Waals surface area contributed by atoms with Gasteiger partial charge in [-0.05, 0) is 19.1 Å². The maximum Gasteiger partial charge on any atom is 0.167 e. The molecule has 1 atom stereocenters. The summed E-state index contributed by atoms with van der Waals surface area (Å²) in [6.07, 6.45) is 2.41. The molecule has 0 fully saturated rings. The van der Waals surface area contributed by atoms with E-state index in [1.165, 1.54) is 0 Å². The topological polar surface area (TPSA) is 65.6 Å². The van der Waals surface area contributed by atoms with Crippen LogP contribution in [0.2, 0.25) is 0 Å². The van der Waals surface area contributed by atoms with Gasteiger partial charge in [-0.25, -0.2) is 9.36 Å². The molecule has 1 aliphatic carbocycles. The summed E-state index contributed by atoms with van der Waals surface area (Å²) in [6, 6.07) is 19.8. The molecular formula is C24H23N5O. The highest BCUT2D eigenvalue weighted by Gasteiger charge is 2.45. The zero-order valence-electron chi connectivity index (χ0n) is 17.3. The predicted octanol–water partition coefficient (Wildman–Crippen LogP) is 4.64. The molecule has 5 rings (SSSR count). The third kappa shape index (κ3) is 2.87. The lowest BCUT2D eigenvalue weighted by molar-refractivity contribution is 0.0854. The smallest absolute Gasteiger partial charge is 0.167 e. The summed E-state index contributed by atoms with van der Waals surface area (Å²) >= 11 is 0. The zero-order valence-corrected chi connectivity index (χ0v) is 17.3. The van der Waals surface area contributed by atoms with Crippen molar-refractivity contribution in [2.45, 2.75) is 33.2 Å². The molecule has 0 aliphatic heterocycles. The van der Waals surface area contributed by atoms with Crippen molar-refractivity contribution in [3.8, 4) is 16.9 Å². The van der Waals surface area contributed by atoms with E-state index in [9.17, 15) is 4.79 Å². The summed E-state index contributed by atoms with van der Waals surface area (Å²) in [5.74, 6) is 0.134. The Hall–Kier alpha value is -3.54. The number of rotatable bonds is 3. The largest absolute Gasteiger partial charge is 0.294 e. The summed E-state index contributed by atoms with van der Waals surface area (Å²) < 4.78 is 3.80. The van der Waals surface area contributed by atoms with Crippen molar-refractivity contribution in [3.05, 3.63) is 83.8 Å². The van der Waals surface area contributed by atoms with Crippen molar-refractivity contribution in [2.75, 3.05) is 0 Å². The number of Topliss-reactive ketones (excluding diaryl/α,β-unsaturated/α-hetero) is 1. The third-order valence-electron chi connectivity index (χ3n) is 5.84. The van der Waals surface area contributed by atoms with E-state index in [0.29, 0.717) is 12.0 Å². The average molecular weight is 397 g/mol. The highest BCUT2D eigenvalue weighted by Crippen LogP contribution is 2.47. The second-order valence-electron chi connectivity index (χ2n) is 8.53. The van der Waals surface area contributed by atoms with Gasteiger partial charge in [-0.1, -0.05) is 67.6 Å². The number of para-hydroxylation sites is 1. The fraction of sp³-hybridized carbons (Fsp3) is 0.250. The summed E-state index contributed by atoms with van der Waals surface area (Å²) in [6.45, 7) is 6.13. The van der Waals surface area contributed by atoms with Crippen LogP contribution in [0.4, 0.5) is 0 Å². The lowest BCUT2D eigenvalue weighted by Gasteiger charge is -2.38. The Bertz CT molecular complexity index is 1220. The molecule has 0 saturated heterocycles. The van der Waals surface area contributed by atoms with E-state index in [4.69, 9.17) is 5.10 Å². The van der Waals surface area contributed by atoms with Crippen molar-refractivity contribution in [1.29, 1.82) is 0 Å². The number of aromatic nitrogens is 5. The number of aryl methyl sites for hydroxylation is 1. The van der Waals surface area contributed by atoms with Crippen LogP contribution in [0.15, 0.2) is 66.9 Å². The van der Waals surface area contributed by atoms with Crippen molar-refractivity contribution in [2.24, 2.45) is 5.41 Å². The Morgan fingerprint density at radius 1 is 1.00 bits per heavy atom. The minimum atomic E-state index is -0.343. The van der Waals surface area contributed by atoms with Crippen molar-refractivity contribution >= 4 is 5.78 Å². The predicted molar refractivity (Wildman–Crippen MR) is 115 cm³/mol. The van der Waals surface area contributed by atoms with Crippen LogP contribution in [-0.4, -0.2) is 30.6 Å². The Balaban J connectivity index is 1.71. The van der Waals surface area contributed by atoms with Gasteiger partial charge in [0.05, 0.1) is 28.8 Å². The van der Waals surface area contributed by atoms with Crippen LogP contribution in [0.25, 0.3) is 16.9 Å². The number of fused-ring (bicyclic) bond motifs is 1. The number of carbonyl (C=O) groups is 1. The first-order valence-corrected chi connectivity index (χ1v) is 10.1. The molecule has 2 aromatic heterocycles. The number of benzene rings is 2. The molecule has 0 N–H and O–H groups in total. The first-order chi connectivity index (χ1) is 14.5. The fourth-order valence-corrected chi connectivity index (χ4v) is 4.50. The maximum absolute atomic E-state index is 13.1. The maximum atomic E-state index is 13.1. The highest BCUT2D eigenvalue weighted by atomic mass is 16.1. The molecule has 6 heteroatoms. The van der Waals surface area contributed by atoms with Crippen molar-refractivity contribution < 1.29 is 4.79 Å². The van der Waals surface area contributed by atoms with E-state index < -0.39 is 0 Å². The summed E-state index contributed by atoms with van der Waals surface area (Å²) in [5, 5.41) is 13.7. The van der Waals surface area contributed by atoms with Gasteiger partial charge in [0.15, 0.2) is 5.78 Å². The van der Waals surface area contributed by atoms with Gasteiger partial charge in [0.2, 0.25) is 0 Å². The van der Waals surface area contributed by atoms with Gasteiger partial charge in [-0.15, -0.1) is 5.10 Å². The third-order valence-corrected chi connectivity index (χ3v) is 5.84. The Labute approximate surface area is 175 Å². The summed E-state index contributed by atoms with van der Waals surface area (Å²) in [5.41, 5.74) is 4.76. The molecule has 1 aliphatic rings. The van der Waals surface area contributed by atoms with Gasteiger partial charge >= 0.3 is 0 Å². The van der Waals surface area contributed by atoms with E-state index >= 15 is 0 Å². The van der Waals surface area contributed by atoms with Crippen LogP contribution >= 0.6 is 0 Å². The Morgan fingerprint density at radius 3 is 2.37 bits per heavy atom. The standard InChI is InChI=1S/C24H23N5O/c1-16-21-20(30)14-24(2,3)23(22(21)29(26-16)18-12-8-5-9-13-18)28-15-19(25-27-28)17-10-6-4-7-11-17/h4-13,15,23H,14H2,1-3H3. The molecule has 0 saturated carbocycles. The molecular weight excluding hydrogens is 374 g/mol. The minimum Gasteiger partial charge on any atom is -0.294 e. The Morgan fingerprint density at radius 2 is 1.67 bits per heavy atom. The molecule has 0 radical (unpaired) electrons. The molecule has 1 unspecified atom stereocenters. The lowest BCUT2D eigenvalue weighted by atomic mass is 9.71.